The lowest BCUT2D eigenvalue weighted by Crippen LogP contribution is -2.55. The molecule has 0 heterocycles. The van der Waals surface area contributed by atoms with E-state index in [1.54, 1.807) is 44.2 Å². The highest BCUT2D eigenvalue weighted by atomic mass is 32.2. The fourth-order valence-electron chi connectivity index (χ4n) is 4.10. The molecule has 0 saturated heterocycles. The van der Waals surface area contributed by atoms with E-state index in [9.17, 15) is 26.8 Å². The molecule has 1 unspecified atom stereocenters. The number of para-hydroxylation sites is 1. The average molecular weight is 573 g/mol. The molecule has 1 N–H and O–H groups in total. The van der Waals surface area contributed by atoms with Crippen molar-refractivity contribution in [2.24, 2.45) is 0 Å². The van der Waals surface area contributed by atoms with Crippen LogP contribution in [0, 0.1) is 11.6 Å². The van der Waals surface area contributed by atoms with Crippen LogP contribution in [0.5, 0.6) is 0 Å². The van der Waals surface area contributed by atoms with Crippen molar-refractivity contribution in [1.82, 2.24) is 14.5 Å². The molecule has 0 aliphatic heterocycles. The summed E-state index contributed by atoms with van der Waals surface area (Å²) in [4.78, 5) is 28.7. The second-order valence-corrected chi connectivity index (χ2v) is 11.8. The van der Waals surface area contributed by atoms with Crippen LogP contribution in [0.2, 0.25) is 0 Å². The number of benzene rings is 3. The molecule has 0 aromatic heterocycles. The third kappa shape index (κ3) is 7.64. The first-order chi connectivity index (χ1) is 18.9. The molecule has 0 aliphatic rings. The predicted molar refractivity (Wildman–Crippen MR) is 151 cm³/mol. The minimum Gasteiger partial charge on any atom is -0.352 e. The second-order valence-electron chi connectivity index (χ2n) is 9.73. The summed E-state index contributed by atoms with van der Waals surface area (Å²) in [5, 5.41) is 2.81. The van der Waals surface area contributed by atoms with Crippen LogP contribution in [-0.4, -0.2) is 62.2 Å². The van der Waals surface area contributed by atoms with E-state index in [2.05, 4.69) is 5.32 Å². The van der Waals surface area contributed by atoms with Gasteiger partial charge in [0.15, 0.2) is 0 Å². The number of hydrogen-bond donors (Lipinski definition) is 1. The zero-order chi connectivity index (χ0) is 29.4. The molecule has 0 fully saturated rings. The van der Waals surface area contributed by atoms with Gasteiger partial charge in [0, 0.05) is 38.7 Å². The van der Waals surface area contributed by atoms with Gasteiger partial charge in [-0.05, 0) is 37.6 Å². The molecule has 0 saturated carbocycles. The molecule has 1 atom stereocenters. The monoisotopic (exact) mass is 572 g/mol. The molecule has 3 rings (SSSR count). The zero-order valence-electron chi connectivity index (χ0n) is 22.9. The van der Waals surface area contributed by atoms with Crippen molar-refractivity contribution in [3.63, 3.8) is 0 Å². The van der Waals surface area contributed by atoms with E-state index in [4.69, 9.17) is 0 Å². The smallest absolute Gasteiger partial charge is 0.304 e. The van der Waals surface area contributed by atoms with Gasteiger partial charge in [0.2, 0.25) is 11.8 Å². The molecule has 0 spiro atoms. The third-order valence-electron chi connectivity index (χ3n) is 6.14. The Morgan fingerprint density at radius 1 is 0.850 bits per heavy atom. The standard InChI is InChI=1S/C29H34F2N4O4S/c1-21(2)32-29(37)27(18-22-12-6-5-7-13-22)34(19-23-14-8-9-15-24(23)30)28(36)20-35(40(38,39)33(3)4)26-17-11-10-16-25(26)31/h5-17,21,27H,18-20H2,1-4H3,(H,32,37). The van der Waals surface area contributed by atoms with Crippen molar-refractivity contribution in [3.8, 4) is 0 Å². The van der Waals surface area contributed by atoms with E-state index < -0.39 is 46.2 Å². The fraction of sp³-hybridized carbons (Fsp3) is 0.310. The van der Waals surface area contributed by atoms with Crippen LogP contribution in [0.4, 0.5) is 14.5 Å². The Labute approximate surface area is 234 Å². The largest absolute Gasteiger partial charge is 0.352 e. The molecule has 0 radical (unpaired) electrons. The lowest BCUT2D eigenvalue weighted by molar-refractivity contribution is -0.140. The maximum Gasteiger partial charge on any atom is 0.304 e. The molecule has 3 aromatic carbocycles. The van der Waals surface area contributed by atoms with E-state index in [0.29, 0.717) is 4.31 Å². The summed E-state index contributed by atoms with van der Waals surface area (Å²) in [5.41, 5.74) is 0.547. The Bertz CT molecular complexity index is 1420. The quantitative estimate of drug-likeness (QED) is 0.358. The van der Waals surface area contributed by atoms with Crippen LogP contribution in [0.3, 0.4) is 0 Å². The number of amides is 2. The summed E-state index contributed by atoms with van der Waals surface area (Å²) in [6.07, 6.45) is 0.0831. The molecular formula is C29H34F2N4O4S. The van der Waals surface area contributed by atoms with Crippen molar-refractivity contribution in [2.45, 2.75) is 38.9 Å². The molecule has 0 bridgehead atoms. The number of nitrogens with zero attached hydrogens (tertiary/aromatic N) is 3. The van der Waals surface area contributed by atoms with Crippen LogP contribution in [0.25, 0.3) is 0 Å². The molecule has 3 aromatic rings. The Kier molecular flexibility index (Phi) is 10.4. The van der Waals surface area contributed by atoms with Gasteiger partial charge < -0.3 is 10.2 Å². The first-order valence-corrected chi connectivity index (χ1v) is 14.1. The lowest BCUT2D eigenvalue weighted by atomic mass is 10.0. The van der Waals surface area contributed by atoms with Crippen LogP contribution < -0.4 is 9.62 Å². The van der Waals surface area contributed by atoms with Gasteiger partial charge in [-0.1, -0.05) is 60.7 Å². The van der Waals surface area contributed by atoms with Crippen LogP contribution in [0.15, 0.2) is 78.9 Å². The average Bonchev–Trinajstić information content (AvgIpc) is 2.90. The van der Waals surface area contributed by atoms with Crippen molar-refractivity contribution in [1.29, 1.82) is 0 Å². The van der Waals surface area contributed by atoms with Crippen molar-refractivity contribution >= 4 is 27.7 Å². The highest BCUT2D eigenvalue weighted by Gasteiger charge is 2.36. The highest BCUT2D eigenvalue weighted by Crippen LogP contribution is 2.24. The Hall–Kier alpha value is -3.83. The van der Waals surface area contributed by atoms with E-state index in [-0.39, 0.29) is 30.3 Å². The zero-order valence-corrected chi connectivity index (χ0v) is 23.7. The number of halogens is 2. The number of rotatable bonds is 12. The summed E-state index contributed by atoms with van der Waals surface area (Å²) in [6.45, 7) is 2.39. The summed E-state index contributed by atoms with van der Waals surface area (Å²) in [6, 6.07) is 18.6. The number of hydrogen-bond acceptors (Lipinski definition) is 4. The third-order valence-corrected chi connectivity index (χ3v) is 7.95. The first-order valence-electron chi connectivity index (χ1n) is 12.7. The van der Waals surface area contributed by atoms with E-state index in [0.717, 1.165) is 20.8 Å². The van der Waals surface area contributed by atoms with Gasteiger partial charge in [-0.3, -0.25) is 9.59 Å². The normalized spacial score (nSPS) is 12.3. The lowest BCUT2D eigenvalue weighted by Gasteiger charge is -2.34. The van der Waals surface area contributed by atoms with E-state index in [1.807, 2.05) is 6.07 Å². The maximum absolute atomic E-state index is 14.8. The van der Waals surface area contributed by atoms with Gasteiger partial charge in [0.05, 0.1) is 5.69 Å². The van der Waals surface area contributed by atoms with Gasteiger partial charge in [0.25, 0.3) is 0 Å². The fourth-order valence-corrected chi connectivity index (χ4v) is 5.17. The Balaban J connectivity index is 2.12. The van der Waals surface area contributed by atoms with Gasteiger partial charge in [-0.2, -0.15) is 12.7 Å². The summed E-state index contributed by atoms with van der Waals surface area (Å²) < 4.78 is 57.7. The van der Waals surface area contributed by atoms with Crippen molar-refractivity contribution in [3.05, 3.63) is 102 Å². The SMILES string of the molecule is CC(C)NC(=O)C(Cc1ccccc1)N(Cc1ccccc1F)C(=O)CN(c1ccccc1F)S(=O)(=O)N(C)C. The minimum atomic E-state index is -4.34. The molecule has 40 heavy (non-hydrogen) atoms. The molecule has 0 aliphatic carbocycles. The molecular weight excluding hydrogens is 538 g/mol. The Morgan fingerprint density at radius 2 is 1.43 bits per heavy atom. The van der Waals surface area contributed by atoms with Gasteiger partial charge in [0.1, 0.15) is 24.2 Å². The van der Waals surface area contributed by atoms with Crippen LogP contribution >= 0.6 is 0 Å². The topological polar surface area (TPSA) is 90.0 Å². The second kappa shape index (κ2) is 13.5. The van der Waals surface area contributed by atoms with Crippen molar-refractivity contribution < 1.29 is 26.8 Å². The summed E-state index contributed by atoms with van der Waals surface area (Å²) in [5.74, 6) is -2.73. The molecule has 214 valence electrons. The summed E-state index contributed by atoms with van der Waals surface area (Å²) >= 11 is 0. The minimum absolute atomic E-state index is 0.0831. The Morgan fingerprint density at radius 3 is 2.00 bits per heavy atom. The first kappa shape index (κ1) is 30.7. The van der Waals surface area contributed by atoms with Gasteiger partial charge in [-0.25, -0.2) is 13.1 Å². The number of carbonyl (C=O) groups excluding carboxylic acids is 2. The molecule has 2 amide bonds. The number of carbonyl (C=O) groups is 2. The molecule has 8 nitrogen and oxygen atoms in total. The van der Waals surface area contributed by atoms with Gasteiger partial charge >= 0.3 is 10.2 Å². The highest BCUT2D eigenvalue weighted by molar-refractivity contribution is 7.90. The van der Waals surface area contributed by atoms with Gasteiger partial charge in [-0.15, -0.1) is 0 Å². The van der Waals surface area contributed by atoms with Crippen LogP contribution in [0.1, 0.15) is 25.0 Å². The van der Waals surface area contributed by atoms with E-state index >= 15 is 0 Å². The number of anilines is 1. The van der Waals surface area contributed by atoms with Crippen LogP contribution in [-0.2, 0) is 32.8 Å². The molecule has 11 heteroatoms. The summed E-state index contributed by atoms with van der Waals surface area (Å²) in [7, 11) is -1.82. The maximum atomic E-state index is 14.8. The van der Waals surface area contributed by atoms with Crippen molar-refractivity contribution in [2.75, 3.05) is 24.9 Å². The number of nitrogens with one attached hydrogen (secondary N) is 1. The van der Waals surface area contributed by atoms with E-state index in [1.165, 1.54) is 50.5 Å². The predicted octanol–water partition coefficient (Wildman–Crippen LogP) is 3.74.